The van der Waals surface area contributed by atoms with E-state index in [1.807, 2.05) is 24.3 Å². The SMILES string of the molecule is COc1cc2ccc(S(=O)(=O)N[C@@H](CCCN=C(N)N)C(=O)N3Cc4ccccc4CC3C(=O)O)cc2cc1OC. The summed E-state index contributed by atoms with van der Waals surface area (Å²) in [5.74, 6) is -1.02. The monoisotopic (exact) mass is 583 g/mol. The van der Waals surface area contributed by atoms with Gasteiger partial charge in [0.2, 0.25) is 15.9 Å². The highest BCUT2D eigenvalue weighted by Crippen LogP contribution is 2.33. The van der Waals surface area contributed by atoms with Crippen molar-refractivity contribution in [3.8, 4) is 11.5 Å². The maximum atomic E-state index is 13.8. The van der Waals surface area contributed by atoms with E-state index in [0.717, 1.165) is 16.5 Å². The largest absolute Gasteiger partial charge is 0.493 e. The number of carbonyl (C=O) groups is 2. The van der Waals surface area contributed by atoms with E-state index in [2.05, 4.69) is 9.71 Å². The van der Waals surface area contributed by atoms with E-state index in [1.165, 1.54) is 31.3 Å². The van der Waals surface area contributed by atoms with Crippen molar-refractivity contribution < 1.29 is 32.6 Å². The molecule has 2 atom stereocenters. The van der Waals surface area contributed by atoms with Gasteiger partial charge in [0.05, 0.1) is 19.1 Å². The van der Waals surface area contributed by atoms with Crippen LogP contribution >= 0.6 is 0 Å². The van der Waals surface area contributed by atoms with Crippen molar-refractivity contribution in [2.75, 3.05) is 20.8 Å². The molecule has 0 radical (unpaired) electrons. The average molecular weight is 584 g/mol. The maximum Gasteiger partial charge on any atom is 0.326 e. The van der Waals surface area contributed by atoms with Gasteiger partial charge in [0.15, 0.2) is 17.5 Å². The first-order valence-electron chi connectivity index (χ1n) is 12.9. The summed E-state index contributed by atoms with van der Waals surface area (Å²) in [4.78, 5) is 31.1. The molecule has 0 saturated carbocycles. The van der Waals surface area contributed by atoms with Crippen molar-refractivity contribution in [3.63, 3.8) is 0 Å². The van der Waals surface area contributed by atoms with E-state index in [0.29, 0.717) is 16.9 Å². The van der Waals surface area contributed by atoms with Crippen molar-refractivity contribution in [3.05, 3.63) is 65.7 Å². The van der Waals surface area contributed by atoms with Crippen LogP contribution in [0.15, 0.2) is 64.5 Å². The second-order valence-electron chi connectivity index (χ2n) is 9.63. The molecular weight excluding hydrogens is 550 g/mol. The van der Waals surface area contributed by atoms with Gasteiger partial charge in [0.25, 0.3) is 0 Å². The molecule has 0 saturated heterocycles. The van der Waals surface area contributed by atoms with Crippen molar-refractivity contribution in [2.24, 2.45) is 16.5 Å². The van der Waals surface area contributed by atoms with Crippen molar-refractivity contribution >= 4 is 38.6 Å². The highest BCUT2D eigenvalue weighted by Gasteiger charge is 2.38. The van der Waals surface area contributed by atoms with Crippen LogP contribution in [0.2, 0.25) is 0 Å². The first-order chi connectivity index (χ1) is 19.5. The molecule has 0 spiro atoms. The number of carboxylic acids is 1. The van der Waals surface area contributed by atoms with Crippen LogP contribution in [0.4, 0.5) is 0 Å². The third kappa shape index (κ3) is 6.69. The second kappa shape index (κ2) is 12.4. The number of ether oxygens (including phenoxy) is 2. The number of hydrogen-bond donors (Lipinski definition) is 4. The highest BCUT2D eigenvalue weighted by atomic mass is 32.2. The van der Waals surface area contributed by atoms with Gasteiger partial charge in [-0.3, -0.25) is 9.79 Å². The van der Waals surface area contributed by atoms with Gasteiger partial charge in [-0.2, -0.15) is 4.72 Å². The van der Waals surface area contributed by atoms with Gasteiger partial charge >= 0.3 is 5.97 Å². The predicted octanol–water partition coefficient (Wildman–Crippen LogP) is 1.60. The molecule has 0 bridgehead atoms. The van der Waals surface area contributed by atoms with E-state index < -0.39 is 34.0 Å². The van der Waals surface area contributed by atoms with Crippen LogP contribution in [0, 0.1) is 0 Å². The van der Waals surface area contributed by atoms with Gasteiger partial charge in [-0.15, -0.1) is 0 Å². The summed E-state index contributed by atoms with van der Waals surface area (Å²) in [6.45, 7) is 0.201. The zero-order valence-electron chi connectivity index (χ0n) is 22.7. The summed E-state index contributed by atoms with van der Waals surface area (Å²) in [5, 5.41) is 11.2. The predicted molar refractivity (Wildman–Crippen MR) is 153 cm³/mol. The van der Waals surface area contributed by atoms with E-state index in [-0.39, 0.29) is 43.2 Å². The minimum atomic E-state index is -4.22. The number of carbonyl (C=O) groups excluding carboxylic acids is 1. The highest BCUT2D eigenvalue weighted by molar-refractivity contribution is 7.89. The quantitative estimate of drug-likeness (QED) is 0.148. The normalized spacial score (nSPS) is 15.6. The molecule has 1 amide bonds. The zero-order chi connectivity index (χ0) is 29.7. The molecule has 12 nitrogen and oxygen atoms in total. The fraction of sp³-hybridized carbons (Fsp3) is 0.321. The molecule has 3 aromatic rings. The minimum absolute atomic E-state index is 0.0374. The molecule has 13 heteroatoms. The number of amides is 1. The zero-order valence-corrected chi connectivity index (χ0v) is 23.6. The number of methoxy groups -OCH3 is 2. The number of rotatable bonds is 11. The molecule has 218 valence electrons. The minimum Gasteiger partial charge on any atom is -0.493 e. The summed E-state index contributed by atoms with van der Waals surface area (Å²) >= 11 is 0. The number of fused-ring (bicyclic) bond motifs is 2. The molecule has 41 heavy (non-hydrogen) atoms. The maximum absolute atomic E-state index is 13.8. The Balaban J connectivity index is 1.66. The summed E-state index contributed by atoms with van der Waals surface area (Å²) in [7, 11) is -1.24. The van der Waals surface area contributed by atoms with Crippen molar-refractivity contribution in [1.82, 2.24) is 9.62 Å². The number of nitrogens with zero attached hydrogens (tertiary/aromatic N) is 2. The molecule has 4 rings (SSSR count). The lowest BCUT2D eigenvalue weighted by Gasteiger charge is -2.36. The number of sulfonamides is 1. The molecule has 0 aliphatic carbocycles. The van der Waals surface area contributed by atoms with Gasteiger partial charge in [-0.25, -0.2) is 13.2 Å². The Kier molecular flexibility index (Phi) is 8.98. The van der Waals surface area contributed by atoms with Crippen LogP contribution in [-0.4, -0.2) is 69.1 Å². The molecule has 0 fully saturated rings. The molecule has 1 unspecified atom stereocenters. The third-order valence-corrected chi connectivity index (χ3v) is 8.45. The van der Waals surface area contributed by atoms with Crippen LogP contribution < -0.4 is 25.7 Å². The van der Waals surface area contributed by atoms with Crippen molar-refractivity contribution in [1.29, 1.82) is 0 Å². The Morgan fingerprint density at radius 2 is 1.71 bits per heavy atom. The second-order valence-corrected chi connectivity index (χ2v) is 11.3. The number of nitrogens with two attached hydrogens (primary N) is 2. The van der Waals surface area contributed by atoms with E-state index in [4.69, 9.17) is 20.9 Å². The molecule has 1 aliphatic rings. The topological polar surface area (TPSA) is 187 Å². The third-order valence-electron chi connectivity index (χ3n) is 6.98. The van der Waals surface area contributed by atoms with Crippen LogP contribution in [-0.2, 0) is 32.6 Å². The van der Waals surface area contributed by atoms with E-state index in [1.54, 1.807) is 18.2 Å². The molecule has 1 aliphatic heterocycles. The Bertz CT molecular complexity index is 1590. The van der Waals surface area contributed by atoms with E-state index >= 15 is 0 Å². The first-order valence-corrected chi connectivity index (χ1v) is 14.4. The molecule has 1 heterocycles. The molecule has 0 aromatic heterocycles. The van der Waals surface area contributed by atoms with Gasteiger partial charge in [-0.05, 0) is 59.0 Å². The summed E-state index contributed by atoms with van der Waals surface area (Å²) in [5.41, 5.74) is 12.4. The summed E-state index contributed by atoms with van der Waals surface area (Å²) in [6, 6.07) is 12.8. The Morgan fingerprint density at radius 1 is 1.05 bits per heavy atom. The molecular formula is C28H33N5O7S. The number of aliphatic carboxylic acids is 1. The average Bonchev–Trinajstić information content (AvgIpc) is 2.96. The summed E-state index contributed by atoms with van der Waals surface area (Å²) in [6.07, 6.45) is 0.423. The lowest BCUT2D eigenvalue weighted by Crippen LogP contribution is -2.55. The molecule has 6 N–H and O–H groups in total. The van der Waals surface area contributed by atoms with Gasteiger partial charge < -0.3 is 30.9 Å². The number of aliphatic imine (C=N–C) groups is 1. The number of carboxylic acid groups (broad SMARTS) is 1. The fourth-order valence-corrected chi connectivity index (χ4v) is 6.15. The van der Waals surface area contributed by atoms with Crippen LogP contribution in [0.25, 0.3) is 10.8 Å². The summed E-state index contributed by atoms with van der Waals surface area (Å²) < 4.78 is 40.3. The van der Waals surface area contributed by atoms with Gasteiger partial charge in [-0.1, -0.05) is 30.3 Å². The number of hydrogen-bond acceptors (Lipinski definition) is 7. The first kappa shape index (κ1) is 29.6. The Morgan fingerprint density at radius 3 is 2.34 bits per heavy atom. The van der Waals surface area contributed by atoms with Gasteiger partial charge in [0.1, 0.15) is 12.1 Å². The van der Waals surface area contributed by atoms with Crippen LogP contribution in [0.1, 0.15) is 24.0 Å². The fourth-order valence-electron chi connectivity index (χ4n) is 4.89. The smallest absolute Gasteiger partial charge is 0.326 e. The standard InChI is InChI=1S/C28H33N5O7S/c1-39-24-14-18-9-10-21(12-20(18)15-25(24)40-2)41(37,38)32-22(8-5-11-31-28(29)30)26(34)33-16-19-7-4-3-6-17(19)13-23(33)27(35)36/h3-4,6-7,9-10,12,14-15,22-23,32H,5,8,11,13,16H2,1-2H3,(H,35,36)(H4,29,30,31)/t22-,23?/m0/s1. The van der Waals surface area contributed by atoms with Crippen LogP contribution in [0.3, 0.4) is 0 Å². The molecule has 3 aromatic carbocycles. The lowest BCUT2D eigenvalue weighted by molar-refractivity contribution is -0.152. The number of benzene rings is 3. The van der Waals surface area contributed by atoms with E-state index in [9.17, 15) is 23.1 Å². The Hall–Kier alpha value is -4.36. The van der Waals surface area contributed by atoms with Crippen LogP contribution in [0.5, 0.6) is 11.5 Å². The number of guanidine groups is 1. The van der Waals surface area contributed by atoms with Gasteiger partial charge in [0, 0.05) is 19.5 Å². The van der Waals surface area contributed by atoms with Crippen molar-refractivity contribution in [2.45, 2.75) is 42.8 Å². The lowest BCUT2D eigenvalue weighted by atomic mass is 9.93. The number of nitrogens with one attached hydrogen (secondary N) is 1. The Labute approximate surface area is 238 Å².